The maximum Gasteiger partial charge on any atom is 0.224 e. The SMILES string of the molecule is CCNC(=NCc1cc(C(CC)CC)no1)NCCC(=O)N1CCCCC1C. The van der Waals surface area contributed by atoms with Crippen molar-refractivity contribution in [1.29, 1.82) is 0 Å². The summed E-state index contributed by atoms with van der Waals surface area (Å²) >= 11 is 0. The zero-order valence-corrected chi connectivity index (χ0v) is 18.0. The number of nitrogens with zero attached hydrogens (tertiary/aromatic N) is 3. The standard InChI is InChI=1S/C21H37N5O2/c1-5-17(6-2)19-14-18(28-25-19)15-24-21(22-7-3)23-12-11-20(27)26-13-9-8-10-16(26)4/h14,16-17H,5-13,15H2,1-4H3,(H2,22,23,24). The van der Waals surface area contributed by atoms with E-state index in [0.29, 0.717) is 37.4 Å². The van der Waals surface area contributed by atoms with Crippen LogP contribution in [0.3, 0.4) is 0 Å². The lowest BCUT2D eigenvalue weighted by Gasteiger charge is -2.33. The molecule has 1 aliphatic rings. The molecule has 2 heterocycles. The van der Waals surface area contributed by atoms with Gasteiger partial charge in [-0.2, -0.15) is 0 Å². The molecule has 0 spiro atoms. The highest BCUT2D eigenvalue weighted by molar-refractivity contribution is 5.81. The topological polar surface area (TPSA) is 82.8 Å². The Morgan fingerprint density at radius 1 is 1.32 bits per heavy atom. The number of carbonyl (C=O) groups excluding carboxylic acids is 1. The highest BCUT2D eigenvalue weighted by Gasteiger charge is 2.22. The third kappa shape index (κ3) is 6.53. The van der Waals surface area contributed by atoms with Crippen LogP contribution >= 0.6 is 0 Å². The Morgan fingerprint density at radius 2 is 2.11 bits per heavy atom. The predicted octanol–water partition coefficient (Wildman–Crippen LogP) is 3.42. The van der Waals surface area contributed by atoms with Crippen molar-refractivity contribution < 1.29 is 9.32 Å². The molecule has 28 heavy (non-hydrogen) atoms. The van der Waals surface area contributed by atoms with Crippen LogP contribution in [0.4, 0.5) is 0 Å². The van der Waals surface area contributed by atoms with E-state index in [1.165, 1.54) is 6.42 Å². The fourth-order valence-corrected chi connectivity index (χ4v) is 3.70. The number of hydrogen-bond donors (Lipinski definition) is 2. The van der Waals surface area contributed by atoms with E-state index in [1.807, 2.05) is 17.9 Å². The van der Waals surface area contributed by atoms with Crippen molar-refractivity contribution >= 4 is 11.9 Å². The zero-order chi connectivity index (χ0) is 20.4. The first-order valence-corrected chi connectivity index (χ1v) is 10.9. The summed E-state index contributed by atoms with van der Waals surface area (Å²) in [5, 5.41) is 10.7. The number of hydrogen-bond acceptors (Lipinski definition) is 4. The van der Waals surface area contributed by atoms with Crippen LogP contribution in [0.15, 0.2) is 15.6 Å². The van der Waals surface area contributed by atoms with E-state index in [2.05, 4.69) is 41.6 Å². The van der Waals surface area contributed by atoms with Crippen molar-refractivity contribution in [2.75, 3.05) is 19.6 Å². The van der Waals surface area contributed by atoms with Crippen molar-refractivity contribution in [3.63, 3.8) is 0 Å². The van der Waals surface area contributed by atoms with Gasteiger partial charge in [-0.05, 0) is 46.0 Å². The Kier molecular flexibility index (Phi) is 9.31. The number of amides is 1. The van der Waals surface area contributed by atoms with Gasteiger partial charge in [0.2, 0.25) is 5.91 Å². The summed E-state index contributed by atoms with van der Waals surface area (Å²) in [4.78, 5) is 19.0. The minimum absolute atomic E-state index is 0.223. The number of aliphatic imine (C=N–C) groups is 1. The highest BCUT2D eigenvalue weighted by atomic mass is 16.5. The molecule has 2 rings (SSSR count). The van der Waals surface area contributed by atoms with Gasteiger partial charge in [0, 0.05) is 44.1 Å². The second-order valence-electron chi connectivity index (χ2n) is 7.54. The smallest absolute Gasteiger partial charge is 0.224 e. The summed E-state index contributed by atoms with van der Waals surface area (Å²) in [7, 11) is 0. The molecule has 2 N–H and O–H groups in total. The number of guanidine groups is 1. The zero-order valence-electron chi connectivity index (χ0n) is 18.0. The van der Waals surface area contributed by atoms with Crippen molar-refractivity contribution in [3.05, 3.63) is 17.5 Å². The number of likely N-dealkylation sites (tertiary alicyclic amines) is 1. The first kappa shape index (κ1) is 22.2. The van der Waals surface area contributed by atoms with Gasteiger partial charge in [-0.25, -0.2) is 4.99 Å². The maximum atomic E-state index is 12.5. The number of piperidine rings is 1. The van der Waals surface area contributed by atoms with E-state index >= 15 is 0 Å². The lowest BCUT2D eigenvalue weighted by Crippen LogP contribution is -2.44. The van der Waals surface area contributed by atoms with Crippen molar-refractivity contribution in [1.82, 2.24) is 20.7 Å². The van der Waals surface area contributed by atoms with Crippen molar-refractivity contribution in [2.24, 2.45) is 4.99 Å². The van der Waals surface area contributed by atoms with Crippen LogP contribution in [-0.4, -0.2) is 47.6 Å². The van der Waals surface area contributed by atoms with E-state index in [4.69, 9.17) is 4.52 Å². The molecule has 0 aliphatic carbocycles. The first-order chi connectivity index (χ1) is 13.6. The summed E-state index contributed by atoms with van der Waals surface area (Å²) in [5.41, 5.74) is 1.01. The van der Waals surface area contributed by atoms with Crippen LogP contribution in [0.25, 0.3) is 0 Å². The molecule has 0 aromatic carbocycles. The van der Waals surface area contributed by atoms with Gasteiger partial charge in [0.05, 0.1) is 5.69 Å². The van der Waals surface area contributed by atoms with Crippen LogP contribution in [-0.2, 0) is 11.3 Å². The van der Waals surface area contributed by atoms with E-state index in [1.54, 1.807) is 0 Å². The fourth-order valence-electron chi connectivity index (χ4n) is 3.70. The van der Waals surface area contributed by atoms with Crippen LogP contribution in [0.2, 0.25) is 0 Å². The molecule has 1 fully saturated rings. The number of carbonyl (C=O) groups is 1. The van der Waals surface area contributed by atoms with Gasteiger partial charge in [-0.1, -0.05) is 19.0 Å². The van der Waals surface area contributed by atoms with Gasteiger partial charge in [0.1, 0.15) is 6.54 Å². The van der Waals surface area contributed by atoms with Crippen LogP contribution in [0.5, 0.6) is 0 Å². The van der Waals surface area contributed by atoms with Crippen molar-refractivity contribution in [2.45, 2.75) is 84.7 Å². The number of rotatable bonds is 9. The molecule has 7 nitrogen and oxygen atoms in total. The lowest BCUT2D eigenvalue weighted by atomic mass is 9.99. The molecule has 158 valence electrons. The quantitative estimate of drug-likeness (QED) is 0.498. The summed E-state index contributed by atoms with van der Waals surface area (Å²) in [6.45, 7) is 11.2. The summed E-state index contributed by atoms with van der Waals surface area (Å²) in [6.07, 6.45) is 6.04. The first-order valence-electron chi connectivity index (χ1n) is 10.9. The fraction of sp³-hybridized carbons (Fsp3) is 0.762. The second-order valence-corrected chi connectivity index (χ2v) is 7.54. The van der Waals surface area contributed by atoms with Crippen molar-refractivity contribution in [3.8, 4) is 0 Å². The van der Waals surface area contributed by atoms with Gasteiger partial charge in [0.15, 0.2) is 11.7 Å². The van der Waals surface area contributed by atoms with Crippen LogP contribution in [0, 0.1) is 0 Å². The molecular formula is C21H37N5O2. The summed E-state index contributed by atoms with van der Waals surface area (Å²) < 4.78 is 5.44. The Bertz CT molecular complexity index is 624. The molecule has 0 saturated carbocycles. The van der Waals surface area contributed by atoms with E-state index < -0.39 is 0 Å². The van der Waals surface area contributed by atoms with Crippen LogP contribution in [0.1, 0.15) is 83.6 Å². The maximum absolute atomic E-state index is 12.5. The predicted molar refractivity (Wildman–Crippen MR) is 112 cm³/mol. The monoisotopic (exact) mass is 391 g/mol. The van der Waals surface area contributed by atoms with Gasteiger partial charge in [0.25, 0.3) is 0 Å². The number of aromatic nitrogens is 1. The Hall–Kier alpha value is -2.05. The minimum atomic E-state index is 0.223. The molecule has 1 aliphatic heterocycles. The molecule has 0 bridgehead atoms. The van der Waals surface area contributed by atoms with Gasteiger partial charge < -0.3 is 20.1 Å². The van der Waals surface area contributed by atoms with E-state index in [0.717, 1.165) is 50.2 Å². The number of nitrogens with one attached hydrogen (secondary N) is 2. The third-order valence-corrected chi connectivity index (χ3v) is 5.47. The average Bonchev–Trinajstić information content (AvgIpc) is 3.16. The lowest BCUT2D eigenvalue weighted by molar-refractivity contribution is -0.134. The second kappa shape index (κ2) is 11.7. The summed E-state index contributed by atoms with van der Waals surface area (Å²) in [6, 6.07) is 2.37. The van der Waals surface area contributed by atoms with Gasteiger partial charge >= 0.3 is 0 Å². The molecule has 7 heteroatoms. The summed E-state index contributed by atoms with van der Waals surface area (Å²) in [5.74, 6) is 2.12. The molecule has 0 radical (unpaired) electrons. The molecule has 1 atom stereocenters. The molecule has 1 aromatic rings. The van der Waals surface area contributed by atoms with E-state index in [-0.39, 0.29) is 5.91 Å². The third-order valence-electron chi connectivity index (χ3n) is 5.47. The molecule has 1 unspecified atom stereocenters. The molecule has 1 aromatic heterocycles. The minimum Gasteiger partial charge on any atom is -0.359 e. The largest absolute Gasteiger partial charge is 0.359 e. The average molecular weight is 392 g/mol. The highest BCUT2D eigenvalue weighted by Crippen LogP contribution is 2.22. The molecule has 1 saturated heterocycles. The van der Waals surface area contributed by atoms with Gasteiger partial charge in [-0.15, -0.1) is 0 Å². The normalized spacial score (nSPS) is 17.8. The Labute approximate surface area is 169 Å². The Balaban J connectivity index is 1.84. The van der Waals surface area contributed by atoms with Crippen LogP contribution < -0.4 is 10.6 Å². The van der Waals surface area contributed by atoms with Gasteiger partial charge in [-0.3, -0.25) is 4.79 Å². The molecule has 1 amide bonds. The van der Waals surface area contributed by atoms with E-state index in [9.17, 15) is 4.79 Å². The molecular weight excluding hydrogens is 354 g/mol. The Morgan fingerprint density at radius 3 is 2.79 bits per heavy atom.